The molecular weight excluding hydrogens is 297 g/mol. The average molecular weight is 307 g/mol. The summed E-state index contributed by atoms with van der Waals surface area (Å²) < 4.78 is 63.9. The molecule has 9 heteroatoms. The Morgan fingerprint density at radius 2 is 1.90 bits per heavy atom. The summed E-state index contributed by atoms with van der Waals surface area (Å²) in [6, 6.07) is 1.69. The molecule has 2 rings (SSSR count). The van der Waals surface area contributed by atoms with E-state index in [9.17, 15) is 26.7 Å². The summed E-state index contributed by atoms with van der Waals surface area (Å²) in [4.78, 5) is 16.0. The Balaban J connectivity index is 2.20. The maximum absolute atomic E-state index is 13.2. The number of aromatic nitrogens is 2. The van der Waals surface area contributed by atoms with Crippen LogP contribution in [0.4, 0.5) is 22.0 Å². The quantitative estimate of drug-likeness (QED) is 0.816. The van der Waals surface area contributed by atoms with Gasteiger partial charge in [0.2, 0.25) is 5.91 Å². The number of alkyl halides is 3. The lowest BCUT2D eigenvalue weighted by atomic mass is 10.3. The first kappa shape index (κ1) is 15.2. The van der Waals surface area contributed by atoms with Gasteiger partial charge in [-0.3, -0.25) is 4.79 Å². The maximum atomic E-state index is 13.2. The third-order valence-corrected chi connectivity index (χ3v) is 2.81. The van der Waals surface area contributed by atoms with Gasteiger partial charge >= 0.3 is 6.18 Å². The first-order valence-electron chi connectivity index (χ1n) is 5.78. The summed E-state index contributed by atoms with van der Waals surface area (Å²) in [5, 5.41) is 0. The molecule has 0 radical (unpaired) electrons. The summed E-state index contributed by atoms with van der Waals surface area (Å²) in [5.41, 5.74) is 0.239. The largest absolute Gasteiger partial charge is 0.406 e. The molecule has 0 saturated heterocycles. The van der Waals surface area contributed by atoms with Crippen molar-refractivity contribution in [2.75, 3.05) is 13.6 Å². The topological polar surface area (TPSA) is 38.1 Å². The lowest BCUT2D eigenvalue weighted by Crippen LogP contribution is -2.37. The Morgan fingerprint density at radius 1 is 1.29 bits per heavy atom. The molecule has 0 fully saturated rings. The minimum Gasteiger partial charge on any atom is -0.335 e. The average Bonchev–Trinajstić information content (AvgIpc) is 2.70. The maximum Gasteiger partial charge on any atom is 0.406 e. The Hall–Kier alpha value is -2.19. The van der Waals surface area contributed by atoms with Crippen molar-refractivity contribution in [2.24, 2.45) is 0 Å². The van der Waals surface area contributed by atoms with E-state index in [1.165, 1.54) is 0 Å². The lowest BCUT2D eigenvalue weighted by molar-refractivity contribution is -0.158. The molecule has 0 bridgehead atoms. The number of hydrogen-bond donors (Lipinski definition) is 0. The normalized spacial score (nSPS) is 11.9. The second kappa shape index (κ2) is 5.30. The standard InChI is InChI=1S/C12H10F5N3O/c1-19(5-12(15,16)17)11(21)4-20-6-18-9-2-7(13)8(14)3-10(9)20/h2-3,6H,4-5H2,1H3. The monoisotopic (exact) mass is 307 g/mol. The van der Waals surface area contributed by atoms with Crippen LogP contribution >= 0.6 is 0 Å². The fraction of sp³-hybridized carbons (Fsp3) is 0.333. The summed E-state index contributed by atoms with van der Waals surface area (Å²) in [5.74, 6) is -3.04. The Morgan fingerprint density at radius 3 is 2.52 bits per heavy atom. The highest BCUT2D eigenvalue weighted by molar-refractivity contribution is 5.80. The number of carbonyl (C=O) groups excluding carboxylic acids is 1. The molecule has 21 heavy (non-hydrogen) atoms. The number of nitrogens with zero attached hydrogens (tertiary/aromatic N) is 3. The highest BCUT2D eigenvalue weighted by atomic mass is 19.4. The van der Waals surface area contributed by atoms with Crippen molar-refractivity contribution in [1.82, 2.24) is 14.5 Å². The van der Waals surface area contributed by atoms with Gasteiger partial charge < -0.3 is 9.47 Å². The number of carbonyl (C=O) groups is 1. The molecule has 4 nitrogen and oxygen atoms in total. The van der Waals surface area contributed by atoms with Crippen LogP contribution in [0.2, 0.25) is 0 Å². The lowest BCUT2D eigenvalue weighted by Gasteiger charge is -2.19. The van der Waals surface area contributed by atoms with Crippen molar-refractivity contribution >= 4 is 16.9 Å². The Kier molecular flexibility index (Phi) is 3.84. The number of imidazole rings is 1. The molecule has 0 aliphatic rings. The predicted octanol–water partition coefficient (Wildman–Crippen LogP) is 2.34. The van der Waals surface area contributed by atoms with Gasteiger partial charge in [0.1, 0.15) is 13.1 Å². The van der Waals surface area contributed by atoms with Gasteiger partial charge in [0.05, 0.1) is 17.4 Å². The van der Waals surface area contributed by atoms with Crippen LogP contribution in [0.5, 0.6) is 0 Å². The summed E-state index contributed by atoms with van der Waals surface area (Å²) in [6.45, 7) is -1.84. The Labute approximate surface area is 115 Å². The van der Waals surface area contributed by atoms with E-state index in [1.54, 1.807) is 0 Å². The highest BCUT2D eigenvalue weighted by Crippen LogP contribution is 2.19. The molecule has 0 saturated carbocycles. The van der Waals surface area contributed by atoms with Crippen molar-refractivity contribution in [3.63, 3.8) is 0 Å². The van der Waals surface area contributed by atoms with Crippen LogP contribution in [-0.4, -0.2) is 40.1 Å². The number of fused-ring (bicyclic) bond motifs is 1. The van der Waals surface area contributed by atoms with E-state index < -0.39 is 36.8 Å². The first-order valence-corrected chi connectivity index (χ1v) is 5.78. The molecule has 0 aliphatic carbocycles. The van der Waals surface area contributed by atoms with Crippen LogP contribution in [0.3, 0.4) is 0 Å². The van der Waals surface area contributed by atoms with Gasteiger partial charge in [-0.25, -0.2) is 13.8 Å². The molecule has 0 atom stereocenters. The van der Waals surface area contributed by atoms with E-state index in [0.717, 1.165) is 30.1 Å². The van der Waals surface area contributed by atoms with Crippen molar-refractivity contribution < 1.29 is 26.7 Å². The fourth-order valence-electron chi connectivity index (χ4n) is 1.80. The van der Waals surface area contributed by atoms with E-state index in [-0.39, 0.29) is 11.0 Å². The highest BCUT2D eigenvalue weighted by Gasteiger charge is 2.31. The second-order valence-corrected chi connectivity index (χ2v) is 4.49. The molecule has 0 aliphatic heterocycles. The van der Waals surface area contributed by atoms with Crippen LogP contribution in [0, 0.1) is 11.6 Å². The summed E-state index contributed by atoms with van der Waals surface area (Å²) in [7, 11) is 1.01. The van der Waals surface area contributed by atoms with Crippen molar-refractivity contribution in [2.45, 2.75) is 12.7 Å². The molecule has 0 N–H and O–H groups in total. The molecular formula is C12H10F5N3O. The second-order valence-electron chi connectivity index (χ2n) is 4.49. The van der Waals surface area contributed by atoms with Crippen molar-refractivity contribution in [3.8, 4) is 0 Å². The van der Waals surface area contributed by atoms with Gasteiger partial charge in [-0.2, -0.15) is 13.2 Å². The van der Waals surface area contributed by atoms with E-state index in [1.807, 2.05) is 0 Å². The number of likely N-dealkylation sites (N-methyl/N-ethyl adjacent to an activating group) is 1. The third-order valence-electron chi connectivity index (χ3n) is 2.81. The molecule has 114 valence electrons. The van der Waals surface area contributed by atoms with E-state index >= 15 is 0 Å². The van der Waals surface area contributed by atoms with Gasteiger partial charge in [0.15, 0.2) is 11.6 Å². The molecule has 0 unspecified atom stereocenters. The third kappa shape index (κ3) is 3.47. The zero-order valence-electron chi connectivity index (χ0n) is 10.8. The first-order chi connectivity index (χ1) is 9.67. The number of benzene rings is 1. The summed E-state index contributed by atoms with van der Waals surface area (Å²) >= 11 is 0. The van der Waals surface area contributed by atoms with Crippen LogP contribution in [0.15, 0.2) is 18.5 Å². The van der Waals surface area contributed by atoms with E-state index in [0.29, 0.717) is 4.90 Å². The molecule has 2 aromatic rings. The van der Waals surface area contributed by atoms with Crippen molar-refractivity contribution in [3.05, 3.63) is 30.1 Å². The fourth-order valence-corrected chi connectivity index (χ4v) is 1.80. The van der Waals surface area contributed by atoms with Crippen LogP contribution in [0.25, 0.3) is 11.0 Å². The Bertz CT molecular complexity index is 679. The number of halogens is 5. The van der Waals surface area contributed by atoms with Gasteiger partial charge in [-0.05, 0) is 0 Å². The molecule has 0 spiro atoms. The molecule has 1 heterocycles. The van der Waals surface area contributed by atoms with Crippen LogP contribution in [0.1, 0.15) is 0 Å². The minimum atomic E-state index is -4.50. The SMILES string of the molecule is CN(CC(F)(F)F)C(=O)Cn1cnc2cc(F)c(F)cc21. The van der Waals surface area contributed by atoms with Gasteiger partial charge in [0, 0.05) is 19.2 Å². The van der Waals surface area contributed by atoms with Crippen molar-refractivity contribution in [1.29, 1.82) is 0 Å². The number of rotatable bonds is 3. The zero-order chi connectivity index (χ0) is 15.8. The molecule has 1 amide bonds. The van der Waals surface area contributed by atoms with Crippen LogP contribution in [-0.2, 0) is 11.3 Å². The predicted molar refractivity (Wildman–Crippen MR) is 63.3 cm³/mol. The zero-order valence-corrected chi connectivity index (χ0v) is 10.8. The van der Waals surface area contributed by atoms with Gasteiger partial charge in [-0.15, -0.1) is 0 Å². The van der Waals surface area contributed by atoms with Gasteiger partial charge in [0.25, 0.3) is 0 Å². The van der Waals surface area contributed by atoms with E-state index in [2.05, 4.69) is 4.98 Å². The van der Waals surface area contributed by atoms with Gasteiger partial charge in [-0.1, -0.05) is 0 Å². The molecule has 1 aromatic carbocycles. The summed E-state index contributed by atoms with van der Waals surface area (Å²) in [6.07, 6.45) is -3.36. The minimum absolute atomic E-state index is 0.111. The van der Waals surface area contributed by atoms with E-state index in [4.69, 9.17) is 0 Å². The molecule has 1 aromatic heterocycles. The number of hydrogen-bond acceptors (Lipinski definition) is 2. The number of amides is 1. The smallest absolute Gasteiger partial charge is 0.335 e. The van der Waals surface area contributed by atoms with Crippen LogP contribution < -0.4 is 0 Å².